The number of hydrogen-bond acceptors (Lipinski definition) is 5. The maximum Gasteiger partial charge on any atom is 0.251 e. The van der Waals surface area contributed by atoms with Gasteiger partial charge in [-0.15, -0.1) is 10.2 Å². The molecule has 1 aromatic heterocycles. The van der Waals surface area contributed by atoms with Gasteiger partial charge in [-0.05, 0) is 38.1 Å². The van der Waals surface area contributed by atoms with E-state index in [0.29, 0.717) is 38.8 Å². The maximum atomic E-state index is 12.4. The predicted molar refractivity (Wildman–Crippen MR) is 124 cm³/mol. The van der Waals surface area contributed by atoms with Crippen LogP contribution < -0.4 is 10.6 Å². The molecule has 0 aliphatic rings. The minimum atomic E-state index is -0.353. The summed E-state index contributed by atoms with van der Waals surface area (Å²) in [4.78, 5) is 24.8. The van der Waals surface area contributed by atoms with E-state index in [4.69, 9.17) is 23.2 Å². The first-order valence-electron chi connectivity index (χ1n) is 9.56. The number of aromatic nitrogens is 3. The number of carbonyl (C=O) groups excluding carboxylic acids is 2. The first-order valence-corrected chi connectivity index (χ1v) is 11.3. The van der Waals surface area contributed by atoms with Crippen molar-refractivity contribution in [1.82, 2.24) is 20.1 Å². The van der Waals surface area contributed by atoms with E-state index in [0.717, 1.165) is 0 Å². The number of thioether (sulfide) groups is 1. The molecule has 1 heterocycles. The normalized spacial score (nSPS) is 11.7. The third-order valence-electron chi connectivity index (χ3n) is 4.39. The number of rotatable bonds is 8. The SMILES string of the molecule is CCn1c(SCC(=O)Nc2cccc(Cl)c2Cl)nnc1[C@@H](C)NC(=O)c1ccccc1. The number of nitrogens with one attached hydrogen (secondary N) is 2. The number of benzene rings is 2. The van der Waals surface area contributed by atoms with Crippen LogP contribution in [0.3, 0.4) is 0 Å². The first-order chi connectivity index (χ1) is 14.9. The Balaban J connectivity index is 1.63. The van der Waals surface area contributed by atoms with Crippen LogP contribution in [0.2, 0.25) is 10.0 Å². The number of nitrogens with zero attached hydrogens (tertiary/aromatic N) is 3. The average molecular weight is 478 g/mol. The molecule has 0 saturated carbocycles. The Labute approximate surface area is 194 Å². The van der Waals surface area contributed by atoms with Crippen LogP contribution in [0.1, 0.15) is 36.1 Å². The van der Waals surface area contributed by atoms with Crippen LogP contribution in [0.25, 0.3) is 0 Å². The van der Waals surface area contributed by atoms with Crippen molar-refractivity contribution in [3.05, 3.63) is 70.0 Å². The lowest BCUT2D eigenvalue weighted by Gasteiger charge is -2.15. The van der Waals surface area contributed by atoms with Crippen molar-refractivity contribution in [2.45, 2.75) is 31.6 Å². The molecule has 0 aliphatic heterocycles. The van der Waals surface area contributed by atoms with Gasteiger partial charge in [0.1, 0.15) is 0 Å². The van der Waals surface area contributed by atoms with Crippen molar-refractivity contribution in [3.63, 3.8) is 0 Å². The van der Waals surface area contributed by atoms with Gasteiger partial charge in [-0.3, -0.25) is 9.59 Å². The molecule has 0 spiro atoms. The molecule has 2 aromatic carbocycles. The topological polar surface area (TPSA) is 88.9 Å². The zero-order valence-corrected chi connectivity index (χ0v) is 19.3. The van der Waals surface area contributed by atoms with E-state index in [1.54, 1.807) is 30.3 Å². The van der Waals surface area contributed by atoms with Crippen LogP contribution in [0, 0.1) is 0 Å². The predicted octanol–water partition coefficient (Wildman–Crippen LogP) is 4.83. The van der Waals surface area contributed by atoms with Gasteiger partial charge in [0, 0.05) is 12.1 Å². The average Bonchev–Trinajstić information content (AvgIpc) is 3.19. The number of anilines is 1. The highest BCUT2D eigenvalue weighted by Gasteiger charge is 2.20. The van der Waals surface area contributed by atoms with E-state index < -0.39 is 0 Å². The molecule has 2 N–H and O–H groups in total. The molecule has 31 heavy (non-hydrogen) atoms. The second-order valence-corrected chi connectivity index (χ2v) is 8.31. The van der Waals surface area contributed by atoms with Crippen LogP contribution in [0.15, 0.2) is 53.7 Å². The Bertz CT molecular complexity index is 1070. The fraction of sp³-hybridized carbons (Fsp3) is 0.238. The van der Waals surface area contributed by atoms with Crippen molar-refractivity contribution >= 4 is 52.5 Å². The highest BCUT2D eigenvalue weighted by molar-refractivity contribution is 7.99. The molecule has 0 unspecified atom stereocenters. The fourth-order valence-electron chi connectivity index (χ4n) is 2.88. The largest absolute Gasteiger partial charge is 0.342 e. The van der Waals surface area contributed by atoms with E-state index in [2.05, 4.69) is 20.8 Å². The quantitative estimate of drug-likeness (QED) is 0.453. The summed E-state index contributed by atoms with van der Waals surface area (Å²) in [6.45, 7) is 4.39. The Morgan fingerprint density at radius 1 is 1.10 bits per heavy atom. The monoisotopic (exact) mass is 477 g/mol. The van der Waals surface area contributed by atoms with Crippen LogP contribution in [0.5, 0.6) is 0 Å². The number of amides is 2. The molecule has 3 rings (SSSR count). The molecule has 10 heteroatoms. The minimum absolute atomic E-state index is 0.117. The van der Waals surface area contributed by atoms with Gasteiger partial charge < -0.3 is 15.2 Å². The molecule has 162 valence electrons. The molecule has 0 radical (unpaired) electrons. The second kappa shape index (κ2) is 10.7. The number of halogens is 2. The van der Waals surface area contributed by atoms with Crippen LogP contribution in [-0.4, -0.2) is 32.3 Å². The molecular formula is C21H21Cl2N5O2S. The van der Waals surface area contributed by atoms with Crippen molar-refractivity contribution < 1.29 is 9.59 Å². The summed E-state index contributed by atoms with van der Waals surface area (Å²) in [6.07, 6.45) is 0. The molecule has 0 bridgehead atoms. The van der Waals surface area contributed by atoms with Gasteiger partial charge in [-0.2, -0.15) is 0 Å². The van der Waals surface area contributed by atoms with E-state index in [1.165, 1.54) is 11.8 Å². The molecule has 0 saturated heterocycles. The molecular weight excluding hydrogens is 457 g/mol. The van der Waals surface area contributed by atoms with E-state index in [1.807, 2.05) is 36.6 Å². The molecule has 0 aliphatic carbocycles. The lowest BCUT2D eigenvalue weighted by Crippen LogP contribution is -2.28. The third kappa shape index (κ3) is 5.78. The summed E-state index contributed by atoms with van der Waals surface area (Å²) in [6, 6.07) is 13.7. The molecule has 7 nitrogen and oxygen atoms in total. The third-order valence-corrected chi connectivity index (χ3v) is 6.18. The number of hydrogen-bond donors (Lipinski definition) is 2. The summed E-state index contributed by atoms with van der Waals surface area (Å²) in [5.41, 5.74) is 1.03. The van der Waals surface area contributed by atoms with Gasteiger partial charge in [0.25, 0.3) is 5.91 Å². The van der Waals surface area contributed by atoms with Gasteiger partial charge in [0.05, 0.1) is 27.5 Å². The minimum Gasteiger partial charge on any atom is -0.342 e. The lowest BCUT2D eigenvalue weighted by molar-refractivity contribution is -0.113. The highest BCUT2D eigenvalue weighted by Crippen LogP contribution is 2.30. The Kier molecular flexibility index (Phi) is 7.95. The van der Waals surface area contributed by atoms with E-state index >= 15 is 0 Å². The Morgan fingerprint density at radius 2 is 1.84 bits per heavy atom. The fourth-order valence-corrected chi connectivity index (χ4v) is 4.03. The van der Waals surface area contributed by atoms with Gasteiger partial charge in [-0.25, -0.2) is 0 Å². The smallest absolute Gasteiger partial charge is 0.251 e. The molecule has 3 aromatic rings. The van der Waals surface area contributed by atoms with Crippen molar-refractivity contribution in [1.29, 1.82) is 0 Å². The van der Waals surface area contributed by atoms with Crippen molar-refractivity contribution in [3.8, 4) is 0 Å². The molecule has 1 atom stereocenters. The van der Waals surface area contributed by atoms with Crippen molar-refractivity contribution in [2.75, 3.05) is 11.1 Å². The first kappa shape index (κ1) is 23.1. The van der Waals surface area contributed by atoms with Gasteiger partial charge in [0.15, 0.2) is 11.0 Å². The van der Waals surface area contributed by atoms with Crippen LogP contribution in [0.4, 0.5) is 5.69 Å². The van der Waals surface area contributed by atoms with Crippen LogP contribution in [-0.2, 0) is 11.3 Å². The highest BCUT2D eigenvalue weighted by atomic mass is 35.5. The van der Waals surface area contributed by atoms with E-state index in [9.17, 15) is 9.59 Å². The zero-order chi connectivity index (χ0) is 22.4. The summed E-state index contributed by atoms with van der Waals surface area (Å²) in [7, 11) is 0. The maximum absolute atomic E-state index is 12.4. The Hall–Kier alpha value is -2.55. The lowest BCUT2D eigenvalue weighted by atomic mass is 10.2. The van der Waals surface area contributed by atoms with Crippen LogP contribution >= 0.6 is 35.0 Å². The van der Waals surface area contributed by atoms with Crippen molar-refractivity contribution in [2.24, 2.45) is 0 Å². The van der Waals surface area contributed by atoms with E-state index in [-0.39, 0.29) is 23.6 Å². The van der Waals surface area contributed by atoms with Gasteiger partial charge in [0.2, 0.25) is 5.91 Å². The summed E-state index contributed by atoms with van der Waals surface area (Å²) < 4.78 is 1.88. The summed E-state index contributed by atoms with van der Waals surface area (Å²) >= 11 is 13.3. The zero-order valence-electron chi connectivity index (χ0n) is 16.9. The standard InChI is InChI=1S/C21H21Cl2N5O2S/c1-3-28-19(13(2)24-20(30)14-8-5-4-6-9-14)26-27-21(28)31-12-17(29)25-16-11-7-10-15(22)18(16)23/h4-11,13H,3,12H2,1-2H3,(H,24,30)(H,25,29)/t13-/m1/s1. The summed E-state index contributed by atoms with van der Waals surface area (Å²) in [5, 5.41) is 15.4. The number of carbonyl (C=O) groups is 2. The molecule has 2 amide bonds. The van der Waals surface area contributed by atoms with Gasteiger partial charge >= 0.3 is 0 Å². The molecule has 0 fully saturated rings. The van der Waals surface area contributed by atoms with Gasteiger partial charge in [-0.1, -0.05) is 59.2 Å². The second-order valence-electron chi connectivity index (χ2n) is 6.58. The Morgan fingerprint density at radius 3 is 2.55 bits per heavy atom. The summed E-state index contributed by atoms with van der Waals surface area (Å²) in [5.74, 6) is 0.302.